The highest BCUT2D eigenvalue weighted by atomic mass is 16.5. The first-order valence-corrected chi connectivity index (χ1v) is 6.65. The van der Waals surface area contributed by atoms with E-state index in [-0.39, 0.29) is 12.2 Å². The Morgan fingerprint density at radius 3 is 2.94 bits per heavy atom. The summed E-state index contributed by atoms with van der Waals surface area (Å²) in [6.07, 6.45) is 1.77. The fourth-order valence-corrected chi connectivity index (χ4v) is 2.36. The smallest absolute Gasteiger partial charge is 0.123 e. The van der Waals surface area contributed by atoms with Crippen molar-refractivity contribution in [3.8, 4) is 5.75 Å². The van der Waals surface area contributed by atoms with Crippen molar-refractivity contribution in [2.75, 3.05) is 6.61 Å². The molecular weight excluding hydrogens is 226 g/mol. The Hall–Kier alpha value is -1.06. The standard InChI is InChI=1S/C15H23NO2/c1-11(6-7-17)16-10-12-4-5-14-13(8-12)9-15(2,3)18-14/h4-5,8,11,16-17H,6-7,9-10H2,1-3H3. The lowest BCUT2D eigenvalue weighted by Crippen LogP contribution is -2.26. The van der Waals surface area contributed by atoms with Crippen LogP contribution in [0.4, 0.5) is 0 Å². The third-order valence-corrected chi connectivity index (χ3v) is 3.34. The zero-order valence-corrected chi connectivity index (χ0v) is 11.5. The molecule has 1 aliphatic rings. The van der Waals surface area contributed by atoms with E-state index in [2.05, 4.69) is 44.3 Å². The van der Waals surface area contributed by atoms with Gasteiger partial charge in [0, 0.05) is 25.6 Å². The monoisotopic (exact) mass is 249 g/mol. The van der Waals surface area contributed by atoms with Crippen molar-refractivity contribution in [2.24, 2.45) is 0 Å². The molecule has 3 nitrogen and oxygen atoms in total. The topological polar surface area (TPSA) is 41.5 Å². The minimum absolute atomic E-state index is 0.0709. The molecule has 0 aliphatic carbocycles. The van der Waals surface area contributed by atoms with Crippen molar-refractivity contribution in [1.29, 1.82) is 0 Å². The van der Waals surface area contributed by atoms with Crippen molar-refractivity contribution < 1.29 is 9.84 Å². The van der Waals surface area contributed by atoms with Gasteiger partial charge in [0.05, 0.1) is 0 Å². The summed E-state index contributed by atoms with van der Waals surface area (Å²) in [5, 5.41) is 12.3. The third kappa shape index (κ3) is 3.24. The van der Waals surface area contributed by atoms with Gasteiger partial charge in [0.2, 0.25) is 0 Å². The van der Waals surface area contributed by atoms with E-state index >= 15 is 0 Å². The van der Waals surface area contributed by atoms with Gasteiger partial charge < -0.3 is 15.2 Å². The van der Waals surface area contributed by atoms with E-state index < -0.39 is 0 Å². The second-order valence-electron chi connectivity index (χ2n) is 5.77. The van der Waals surface area contributed by atoms with Gasteiger partial charge in [0.1, 0.15) is 11.4 Å². The van der Waals surface area contributed by atoms with Crippen LogP contribution in [0.1, 0.15) is 38.3 Å². The zero-order chi connectivity index (χ0) is 13.2. The molecule has 0 radical (unpaired) electrons. The molecule has 0 fully saturated rings. The minimum atomic E-state index is -0.0709. The van der Waals surface area contributed by atoms with Crippen LogP contribution in [0.25, 0.3) is 0 Å². The number of aliphatic hydroxyl groups excluding tert-OH is 1. The van der Waals surface area contributed by atoms with Crippen molar-refractivity contribution in [2.45, 2.75) is 51.8 Å². The fourth-order valence-electron chi connectivity index (χ4n) is 2.36. The second-order valence-corrected chi connectivity index (χ2v) is 5.77. The molecule has 0 saturated heterocycles. The first-order valence-electron chi connectivity index (χ1n) is 6.65. The largest absolute Gasteiger partial charge is 0.487 e. The summed E-state index contributed by atoms with van der Waals surface area (Å²) in [6.45, 7) is 7.41. The van der Waals surface area contributed by atoms with E-state index in [4.69, 9.17) is 9.84 Å². The summed E-state index contributed by atoms with van der Waals surface area (Å²) in [6, 6.07) is 6.75. The average molecular weight is 249 g/mol. The molecule has 18 heavy (non-hydrogen) atoms. The molecule has 2 N–H and O–H groups in total. The molecule has 1 aromatic carbocycles. The Kier molecular flexibility index (Phi) is 3.93. The summed E-state index contributed by atoms with van der Waals surface area (Å²) >= 11 is 0. The van der Waals surface area contributed by atoms with Gasteiger partial charge in [-0.1, -0.05) is 12.1 Å². The highest BCUT2D eigenvalue weighted by Gasteiger charge is 2.29. The van der Waals surface area contributed by atoms with Gasteiger partial charge in [-0.05, 0) is 44.4 Å². The van der Waals surface area contributed by atoms with Gasteiger partial charge >= 0.3 is 0 Å². The molecule has 1 aromatic rings. The lowest BCUT2D eigenvalue weighted by Gasteiger charge is -2.16. The van der Waals surface area contributed by atoms with Gasteiger partial charge in [-0.15, -0.1) is 0 Å². The van der Waals surface area contributed by atoms with Gasteiger partial charge in [-0.2, -0.15) is 0 Å². The number of fused-ring (bicyclic) bond motifs is 1. The molecule has 1 atom stereocenters. The Balaban J connectivity index is 1.97. The van der Waals surface area contributed by atoms with E-state index in [0.717, 1.165) is 25.1 Å². The summed E-state index contributed by atoms with van der Waals surface area (Å²) in [5.74, 6) is 1.02. The number of rotatable bonds is 5. The Bertz CT molecular complexity index is 415. The minimum Gasteiger partial charge on any atom is -0.487 e. The number of aliphatic hydroxyl groups is 1. The molecule has 1 heterocycles. The van der Waals surface area contributed by atoms with Crippen molar-refractivity contribution >= 4 is 0 Å². The third-order valence-electron chi connectivity index (χ3n) is 3.34. The number of nitrogens with one attached hydrogen (secondary N) is 1. The maximum Gasteiger partial charge on any atom is 0.123 e. The lowest BCUT2D eigenvalue weighted by molar-refractivity contribution is 0.138. The summed E-state index contributed by atoms with van der Waals surface area (Å²) < 4.78 is 5.86. The second kappa shape index (κ2) is 5.29. The van der Waals surface area contributed by atoms with E-state index in [1.54, 1.807) is 0 Å². The first kappa shape index (κ1) is 13.4. The Morgan fingerprint density at radius 2 is 2.22 bits per heavy atom. The molecule has 2 rings (SSSR count). The van der Waals surface area contributed by atoms with Crippen LogP contribution in [0.15, 0.2) is 18.2 Å². The van der Waals surface area contributed by atoms with E-state index in [1.807, 2.05) is 0 Å². The number of ether oxygens (including phenoxy) is 1. The van der Waals surface area contributed by atoms with E-state index in [9.17, 15) is 0 Å². The normalized spacial score (nSPS) is 18.2. The van der Waals surface area contributed by atoms with Crippen LogP contribution in [0, 0.1) is 0 Å². The fraction of sp³-hybridized carbons (Fsp3) is 0.600. The van der Waals surface area contributed by atoms with Crippen molar-refractivity contribution in [3.05, 3.63) is 29.3 Å². The predicted octanol–water partition coefficient (Wildman–Crippen LogP) is 2.26. The molecule has 0 spiro atoms. The maximum absolute atomic E-state index is 8.86. The van der Waals surface area contributed by atoms with Crippen LogP contribution in [0.3, 0.4) is 0 Å². The summed E-state index contributed by atoms with van der Waals surface area (Å²) in [5.41, 5.74) is 2.51. The van der Waals surface area contributed by atoms with Crippen LogP contribution in [-0.2, 0) is 13.0 Å². The Morgan fingerprint density at radius 1 is 1.44 bits per heavy atom. The van der Waals surface area contributed by atoms with Gasteiger partial charge in [0.25, 0.3) is 0 Å². The summed E-state index contributed by atoms with van der Waals surface area (Å²) in [7, 11) is 0. The summed E-state index contributed by atoms with van der Waals surface area (Å²) in [4.78, 5) is 0. The maximum atomic E-state index is 8.86. The van der Waals surface area contributed by atoms with Crippen LogP contribution >= 0.6 is 0 Å². The van der Waals surface area contributed by atoms with Crippen molar-refractivity contribution in [1.82, 2.24) is 5.32 Å². The molecule has 1 unspecified atom stereocenters. The van der Waals surface area contributed by atoms with Crippen LogP contribution in [-0.4, -0.2) is 23.4 Å². The van der Waals surface area contributed by atoms with Crippen LogP contribution in [0.2, 0.25) is 0 Å². The highest BCUT2D eigenvalue weighted by molar-refractivity contribution is 5.41. The van der Waals surface area contributed by atoms with E-state index in [1.165, 1.54) is 11.1 Å². The molecule has 100 valence electrons. The van der Waals surface area contributed by atoms with Gasteiger partial charge in [0.15, 0.2) is 0 Å². The molecule has 0 aromatic heterocycles. The van der Waals surface area contributed by atoms with Crippen LogP contribution < -0.4 is 10.1 Å². The molecule has 0 saturated carbocycles. The average Bonchev–Trinajstić information content (AvgIpc) is 2.59. The molecule has 0 amide bonds. The van der Waals surface area contributed by atoms with Crippen molar-refractivity contribution in [3.63, 3.8) is 0 Å². The molecule has 0 bridgehead atoms. The highest BCUT2D eigenvalue weighted by Crippen LogP contribution is 2.35. The Labute approximate surface area is 109 Å². The number of benzene rings is 1. The lowest BCUT2D eigenvalue weighted by atomic mass is 10.00. The zero-order valence-electron chi connectivity index (χ0n) is 11.5. The molecule has 1 aliphatic heterocycles. The number of hydrogen-bond donors (Lipinski definition) is 2. The van der Waals surface area contributed by atoms with Crippen LogP contribution in [0.5, 0.6) is 5.75 Å². The predicted molar refractivity (Wildman–Crippen MR) is 72.9 cm³/mol. The molecule has 3 heteroatoms. The SMILES string of the molecule is CC(CCO)NCc1ccc2c(c1)CC(C)(C)O2. The molecular formula is C15H23NO2. The van der Waals surface area contributed by atoms with E-state index in [0.29, 0.717) is 6.04 Å². The quantitative estimate of drug-likeness (QED) is 0.841. The van der Waals surface area contributed by atoms with Gasteiger partial charge in [-0.3, -0.25) is 0 Å². The van der Waals surface area contributed by atoms with Gasteiger partial charge in [-0.25, -0.2) is 0 Å². The first-order chi connectivity index (χ1) is 8.50. The number of hydrogen-bond acceptors (Lipinski definition) is 3.